The van der Waals surface area contributed by atoms with E-state index < -0.39 is 10.8 Å². The highest BCUT2D eigenvalue weighted by Crippen LogP contribution is 2.75. The van der Waals surface area contributed by atoms with Gasteiger partial charge in [-0.3, -0.25) is 19.2 Å². The monoisotopic (exact) mass is 819 g/mol. The average Bonchev–Trinajstić information content (AvgIpc) is 3.71. The lowest BCUT2D eigenvalue weighted by atomic mass is 9.33. The van der Waals surface area contributed by atoms with Gasteiger partial charge in [0, 0.05) is 30.4 Å². The van der Waals surface area contributed by atoms with E-state index in [1.807, 2.05) is 51.9 Å². The molecule has 7 rings (SSSR count). The summed E-state index contributed by atoms with van der Waals surface area (Å²) < 4.78 is 12.2. The maximum absolute atomic E-state index is 14.4. The van der Waals surface area contributed by atoms with Crippen LogP contribution in [0.1, 0.15) is 150 Å². The minimum Gasteiger partial charge on any atom is -0.465 e. The van der Waals surface area contributed by atoms with Gasteiger partial charge < -0.3 is 14.8 Å². The summed E-state index contributed by atoms with van der Waals surface area (Å²) in [6, 6.07) is 10.0. The minimum absolute atomic E-state index is 0.00867. The number of allylic oxidation sites excluding steroid dienone is 2. The molecular formula is C48H69NO6S2. The normalized spacial score (nSPS) is 38.1. The molecule has 1 saturated heterocycles. The van der Waals surface area contributed by atoms with Crippen LogP contribution in [0.25, 0.3) is 0 Å². The quantitative estimate of drug-likeness (QED) is 0.0909. The van der Waals surface area contributed by atoms with Crippen LogP contribution in [-0.2, 0) is 35.3 Å². The van der Waals surface area contributed by atoms with E-state index >= 15 is 0 Å². The third kappa shape index (κ3) is 8.04. The molecule has 314 valence electrons. The van der Waals surface area contributed by atoms with E-state index in [1.165, 1.54) is 24.2 Å². The van der Waals surface area contributed by atoms with Crippen LogP contribution in [-0.4, -0.2) is 47.8 Å². The van der Waals surface area contributed by atoms with Gasteiger partial charge in [-0.1, -0.05) is 105 Å². The van der Waals surface area contributed by atoms with Crippen LogP contribution in [0.3, 0.4) is 0 Å². The van der Waals surface area contributed by atoms with Crippen molar-refractivity contribution in [2.24, 2.45) is 50.2 Å². The SMILES string of the molecule is CC1(C)CC[C@]2(C(=O)OCc3ccccc3)CC[C@]3(C)C(=CC[C@@H]4[C@@]5(C)CCC(=O)[C@@](C)(COC(=O)CCNC(=O)CCCC[C@@H]6CCSS6)[C@@H]5CC[C@]43C)[C@@H]2C1. The molecule has 7 nitrogen and oxygen atoms in total. The molecule has 0 radical (unpaired) electrons. The van der Waals surface area contributed by atoms with Crippen molar-refractivity contribution in [3.63, 3.8) is 0 Å². The second-order valence-electron chi connectivity index (χ2n) is 20.6. The van der Waals surface area contributed by atoms with Gasteiger partial charge in [0.2, 0.25) is 5.91 Å². The number of ketones is 1. The second-order valence-corrected chi connectivity index (χ2v) is 23.4. The number of fused-ring (bicyclic) bond motifs is 7. The fraction of sp³-hybridized carbons (Fsp3) is 0.750. The highest BCUT2D eigenvalue weighted by Gasteiger charge is 2.70. The molecule has 1 heterocycles. The molecule has 0 bridgehead atoms. The third-order valence-electron chi connectivity index (χ3n) is 16.9. The summed E-state index contributed by atoms with van der Waals surface area (Å²) in [6.45, 7) is 15.0. The highest BCUT2D eigenvalue weighted by molar-refractivity contribution is 8.77. The highest BCUT2D eigenvalue weighted by atomic mass is 33.1. The fourth-order valence-electron chi connectivity index (χ4n) is 13.2. The maximum Gasteiger partial charge on any atom is 0.313 e. The molecule has 6 aliphatic rings. The first-order valence-electron chi connectivity index (χ1n) is 22.2. The Balaban J connectivity index is 1.02. The molecule has 0 unspecified atom stereocenters. The molecule has 1 aromatic rings. The number of hydrogen-bond donors (Lipinski definition) is 1. The first-order valence-corrected chi connectivity index (χ1v) is 24.6. The zero-order chi connectivity index (χ0) is 40.7. The van der Waals surface area contributed by atoms with Gasteiger partial charge in [0.05, 0.1) is 17.3 Å². The molecule has 1 N–H and O–H groups in total. The lowest BCUT2D eigenvalue weighted by molar-refractivity contribution is -0.198. The van der Waals surface area contributed by atoms with Crippen molar-refractivity contribution in [3.8, 4) is 0 Å². The minimum atomic E-state index is -0.744. The van der Waals surface area contributed by atoms with Gasteiger partial charge in [-0.25, -0.2) is 0 Å². The predicted octanol–water partition coefficient (Wildman–Crippen LogP) is 10.8. The maximum atomic E-state index is 14.4. The van der Waals surface area contributed by atoms with Crippen molar-refractivity contribution in [1.82, 2.24) is 5.32 Å². The van der Waals surface area contributed by atoms with E-state index in [-0.39, 0.29) is 76.7 Å². The molecule has 1 aromatic carbocycles. The van der Waals surface area contributed by atoms with Gasteiger partial charge in [-0.05, 0) is 129 Å². The van der Waals surface area contributed by atoms with Crippen molar-refractivity contribution < 1.29 is 28.7 Å². The average molecular weight is 820 g/mol. The summed E-state index contributed by atoms with van der Waals surface area (Å²) in [5.74, 6) is 1.71. The van der Waals surface area contributed by atoms with Crippen LogP contribution in [0.15, 0.2) is 42.0 Å². The number of carbonyl (C=O) groups excluding carboxylic acids is 4. The number of rotatable bonds is 13. The molecule has 9 atom stereocenters. The molecule has 5 fully saturated rings. The van der Waals surface area contributed by atoms with Crippen molar-refractivity contribution in [3.05, 3.63) is 47.5 Å². The van der Waals surface area contributed by atoms with Crippen LogP contribution < -0.4 is 5.32 Å². The Kier molecular flexibility index (Phi) is 12.5. The zero-order valence-electron chi connectivity index (χ0n) is 35.7. The Hall–Kier alpha value is -2.26. The van der Waals surface area contributed by atoms with E-state index in [1.54, 1.807) is 0 Å². The van der Waals surface area contributed by atoms with E-state index in [4.69, 9.17) is 9.47 Å². The van der Waals surface area contributed by atoms with Crippen LogP contribution in [0.4, 0.5) is 0 Å². The number of carbonyl (C=O) groups is 4. The standard InChI is InChI=1S/C48H69NO6S2/c1-43(2)24-26-48(42(53)54-31-33-12-8-7-9-13-33)27-25-46(5)35(36(48)30-43)16-17-38-44(3)22-19-39(50)45(4,37(44)18-23-47(38,46)6)32-55-41(52)20-28-49-40(51)15-11-10-14-34-21-29-56-57-34/h7-9,12-13,16,34,36-38H,10-11,14-15,17-32H2,1-6H3,(H,49,51)/t34-,36+,37-,38-,44+,45+,46-,47-,48+/m1/s1. The molecule has 0 aromatic heterocycles. The Morgan fingerprint density at radius 2 is 1.63 bits per heavy atom. The number of nitrogens with one attached hydrogen (secondary N) is 1. The summed E-state index contributed by atoms with van der Waals surface area (Å²) in [7, 11) is 3.93. The Morgan fingerprint density at radius 3 is 2.39 bits per heavy atom. The lowest BCUT2D eigenvalue weighted by Gasteiger charge is -2.70. The molecule has 4 saturated carbocycles. The van der Waals surface area contributed by atoms with Crippen LogP contribution in [0.5, 0.6) is 0 Å². The van der Waals surface area contributed by atoms with Gasteiger partial charge in [0.15, 0.2) is 0 Å². The third-order valence-corrected chi connectivity index (χ3v) is 19.9. The van der Waals surface area contributed by atoms with Crippen molar-refractivity contribution in [1.29, 1.82) is 0 Å². The smallest absolute Gasteiger partial charge is 0.313 e. The first kappa shape index (κ1) is 42.8. The van der Waals surface area contributed by atoms with E-state index in [0.717, 1.165) is 81.4 Å². The number of unbranched alkanes of at least 4 members (excludes halogenated alkanes) is 1. The summed E-state index contributed by atoms with van der Waals surface area (Å²) in [6.07, 6.45) is 16.5. The summed E-state index contributed by atoms with van der Waals surface area (Å²) in [5, 5.41) is 3.63. The molecule has 1 aliphatic heterocycles. The number of amides is 1. The fourth-order valence-corrected chi connectivity index (χ4v) is 16.2. The molecule has 0 spiro atoms. The Bertz CT molecular complexity index is 1710. The summed E-state index contributed by atoms with van der Waals surface area (Å²) in [5.41, 5.74) is 1.29. The molecule has 1 amide bonds. The largest absolute Gasteiger partial charge is 0.465 e. The van der Waals surface area contributed by atoms with Gasteiger partial charge >= 0.3 is 11.9 Å². The molecular weight excluding hydrogens is 751 g/mol. The van der Waals surface area contributed by atoms with Gasteiger partial charge in [-0.15, -0.1) is 0 Å². The van der Waals surface area contributed by atoms with Crippen molar-refractivity contribution in [2.75, 3.05) is 18.9 Å². The van der Waals surface area contributed by atoms with Crippen molar-refractivity contribution >= 4 is 45.2 Å². The number of benzene rings is 1. The molecule has 9 heteroatoms. The topological polar surface area (TPSA) is 98.8 Å². The molecule has 5 aliphatic carbocycles. The Labute approximate surface area is 350 Å². The second kappa shape index (κ2) is 16.7. The summed E-state index contributed by atoms with van der Waals surface area (Å²) in [4.78, 5) is 53.8. The number of Topliss-reactive ketones (excluding diaryl/α,β-unsaturated/α-hetero) is 1. The Morgan fingerprint density at radius 1 is 0.860 bits per heavy atom. The van der Waals surface area contributed by atoms with Gasteiger partial charge in [-0.2, -0.15) is 0 Å². The first-order chi connectivity index (χ1) is 27.1. The van der Waals surface area contributed by atoms with E-state index in [9.17, 15) is 19.2 Å². The van der Waals surface area contributed by atoms with Crippen LogP contribution >= 0.6 is 21.6 Å². The predicted molar refractivity (Wildman–Crippen MR) is 230 cm³/mol. The van der Waals surface area contributed by atoms with Crippen LogP contribution in [0.2, 0.25) is 0 Å². The lowest BCUT2D eigenvalue weighted by Crippen LogP contribution is -2.65. The number of esters is 2. The zero-order valence-corrected chi connectivity index (χ0v) is 37.3. The van der Waals surface area contributed by atoms with Crippen LogP contribution in [0, 0.1) is 50.2 Å². The van der Waals surface area contributed by atoms with Gasteiger partial charge in [0.1, 0.15) is 19.0 Å². The number of hydrogen-bond acceptors (Lipinski definition) is 8. The van der Waals surface area contributed by atoms with E-state index in [0.29, 0.717) is 25.4 Å². The van der Waals surface area contributed by atoms with Crippen molar-refractivity contribution in [2.45, 2.75) is 156 Å². The summed E-state index contributed by atoms with van der Waals surface area (Å²) >= 11 is 0. The molecule has 57 heavy (non-hydrogen) atoms. The van der Waals surface area contributed by atoms with E-state index in [2.05, 4.69) is 52.9 Å². The van der Waals surface area contributed by atoms with Gasteiger partial charge in [0.25, 0.3) is 0 Å². The number of ether oxygens (including phenoxy) is 2.